The first-order chi connectivity index (χ1) is 20.5. The predicted molar refractivity (Wildman–Crippen MR) is 165 cm³/mol. The maximum Gasteiger partial charge on any atom is 0.309 e. The van der Waals surface area contributed by atoms with Crippen molar-refractivity contribution < 1.29 is 39.8 Å². The number of carboxylic acid groups (broad SMARTS) is 1. The number of aliphatic carboxylic acids is 1. The summed E-state index contributed by atoms with van der Waals surface area (Å²) in [7, 11) is 0. The number of allylic oxidation sites excluding steroid dienone is 1. The lowest BCUT2D eigenvalue weighted by atomic mass is 9.35. The average molecular weight is 619 g/mol. The summed E-state index contributed by atoms with van der Waals surface area (Å²) in [6.45, 7) is 18.0. The van der Waals surface area contributed by atoms with Crippen LogP contribution in [0.4, 0.5) is 0 Å². The molecule has 1 aliphatic heterocycles. The highest BCUT2D eigenvalue weighted by molar-refractivity contribution is 5.76. The van der Waals surface area contributed by atoms with Crippen molar-refractivity contribution in [1.82, 2.24) is 0 Å². The second-order valence-electron chi connectivity index (χ2n) is 17.3. The molecule has 0 aromatic heterocycles. The molecule has 0 radical (unpaired) electrons. The Kier molecular flexibility index (Phi) is 8.24. The molecule has 5 N–H and O–H groups in total. The molecule has 0 aromatic rings. The summed E-state index contributed by atoms with van der Waals surface area (Å²) in [5.41, 5.74) is 0.560. The number of aliphatic hydroxyl groups excluding tert-OH is 4. The van der Waals surface area contributed by atoms with Crippen LogP contribution in [0.5, 0.6) is 0 Å². The molecule has 0 spiro atoms. The molecular formula is C36H58O8. The standard InChI is InChI=1S/C36H58O8/c1-18(2)20-10-15-36(32(41)42)16-19(3)26-21(27(20)36)8-9-24-34(6)14-12-25(33(4,5)23(34)11-13-35(24,26)7)44-31-30(40)29(39)28(38)22(17-37)43-31/h19-31,37-40H,1,8-17H2,2-7H3,(H,41,42). The van der Waals surface area contributed by atoms with Crippen molar-refractivity contribution in [2.24, 2.45) is 63.1 Å². The molecule has 6 fully saturated rings. The molecule has 250 valence electrons. The van der Waals surface area contributed by atoms with E-state index in [1.807, 2.05) is 0 Å². The molecular weight excluding hydrogens is 560 g/mol. The second-order valence-corrected chi connectivity index (χ2v) is 17.3. The summed E-state index contributed by atoms with van der Waals surface area (Å²) in [6.07, 6.45) is 2.15. The van der Waals surface area contributed by atoms with E-state index in [2.05, 4.69) is 48.1 Å². The van der Waals surface area contributed by atoms with Crippen LogP contribution < -0.4 is 0 Å². The first-order valence-electron chi connectivity index (χ1n) is 17.4. The van der Waals surface area contributed by atoms with Gasteiger partial charge in [0.2, 0.25) is 0 Å². The van der Waals surface area contributed by atoms with Gasteiger partial charge in [-0.1, -0.05) is 46.8 Å². The molecule has 1 heterocycles. The molecule has 0 aromatic carbocycles. The van der Waals surface area contributed by atoms with Crippen LogP contribution in [0, 0.1) is 63.1 Å². The number of aliphatic hydroxyl groups is 4. The molecule has 16 unspecified atom stereocenters. The molecule has 16 atom stereocenters. The number of rotatable bonds is 5. The number of hydrogen-bond acceptors (Lipinski definition) is 7. The van der Waals surface area contributed by atoms with Crippen LogP contribution in [-0.2, 0) is 14.3 Å². The van der Waals surface area contributed by atoms with Crippen LogP contribution in [-0.4, -0.2) is 74.9 Å². The van der Waals surface area contributed by atoms with Gasteiger partial charge in [-0.15, -0.1) is 0 Å². The van der Waals surface area contributed by atoms with Gasteiger partial charge in [-0.2, -0.15) is 0 Å². The van der Waals surface area contributed by atoms with Gasteiger partial charge < -0.3 is 35.0 Å². The van der Waals surface area contributed by atoms with Crippen molar-refractivity contribution in [3.05, 3.63) is 12.2 Å². The minimum absolute atomic E-state index is 0.0984. The van der Waals surface area contributed by atoms with Crippen molar-refractivity contribution in [3.8, 4) is 0 Å². The molecule has 5 aliphatic carbocycles. The fourth-order valence-electron chi connectivity index (χ4n) is 13.4. The van der Waals surface area contributed by atoms with Gasteiger partial charge in [-0.25, -0.2) is 0 Å². The molecule has 1 saturated heterocycles. The lowest BCUT2D eigenvalue weighted by molar-refractivity contribution is -0.330. The monoisotopic (exact) mass is 618 g/mol. The summed E-state index contributed by atoms with van der Waals surface area (Å²) in [4.78, 5) is 13.0. The van der Waals surface area contributed by atoms with Crippen LogP contribution in [0.15, 0.2) is 12.2 Å². The predicted octanol–water partition coefficient (Wildman–Crippen LogP) is 4.77. The SMILES string of the molecule is C=C(C)C1CCC2(C(=O)O)CC(C)C3C(CCC4C3(C)CCC3C(C)(C)C(OC5OC(CO)C(O)C(O)C5O)CCC34C)C12. The summed E-state index contributed by atoms with van der Waals surface area (Å²) in [5.74, 6) is 2.10. The number of hydrogen-bond donors (Lipinski definition) is 5. The van der Waals surface area contributed by atoms with Gasteiger partial charge in [0.15, 0.2) is 6.29 Å². The van der Waals surface area contributed by atoms with Gasteiger partial charge in [0.25, 0.3) is 0 Å². The summed E-state index contributed by atoms with van der Waals surface area (Å²) in [6, 6.07) is 0. The third-order valence-corrected chi connectivity index (χ3v) is 15.0. The molecule has 6 aliphatic rings. The fraction of sp³-hybridized carbons (Fsp3) is 0.917. The second kappa shape index (κ2) is 11.0. The van der Waals surface area contributed by atoms with Crippen molar-refractivity contribution in [3.63, 3.8) is 0 Å². The first-order valence-corrected chi connectivity index (χ1v) is 17.4. The number of carbonyl (C=O) groups is 1. The fourth-order valence-corrected chi connectivity index (χ4v) is 13.4. The molecule has 6 rings (SSSR count). The third kappa shape index (κ3) is 4.47. The van der Waals surface area contributed by atoms with Gasteiger partial charge in [0.1, 0.15) is 24.4 Å². The molecule has 8 nitrogen and oxygen atoms in total. The van der Waals surface area contributed by atoms with E-state index in [0.29, 0.717) is 35.5 Å². The zero-order chi connectivity index (χ0) is 32.1. The third-order valence-electron chi connectivity index (χ3n) is 15.0. The Bertz CT molecular complexity index is 1140. The highest BCUT2D eigenvalue weighted by Gasteiger charge is 2.70. The lowest BCUT2D eigenvalue weighted by Gasteiger charge is -2.70. The Labute approximate surface area is 263 Å². The summed E-state index contributed by atoms with van der Waals surface area (Å²) in [5, 5.41) is 51.7. The zero-order valence-corrected chi connectivity index (χ0v) is 27.7. The van der Waals surface area contributed by atoms with Gasteiger partial charge in [0.05, 0.1) is 18.1 Å². The number of ether oxygens (including phenoxy) is 2. The van der Waals surface area contributed by atoms with Crippen LogP contribution in [0.3, 0.4) is 0 Å². The normalized spacial score (nSPS) is 54.8. The maximum atomic E-state index is 13.0. The van der Waals surface area contributed by atoms with Crippen LogP contribution in [0.25, 0.3) is 0 Å². The minimum Gasteiger partial charge on any atom is -0.481 e. The van der Waals surface area contributed by atoms with E-state index < -0.39 is 48.7 Å². The Morgan fingerprint density at radius 3 is 2.20 bits per heavy atom. The average Bonchev–Trinajstić information content (AvgIpc) is 3.35. The van der Waals surface area contributed by atoms with Crippen molar-refractivity contribution in [2.75, 3.05) is 6.61 Å². The Morgan fingerprint density at radius 1 is 0.886 bits per heavy atom. The quantitative estimate of drug-likeness (QED) is 0.220. The highest BCUT2D eigenvalue weighted by atomic mass is 16.7. The topological polar surface area (TPSA) is 137 Å². The van der Waals surface area contributed by atoms with E-state index in [1.54, 1.807) is 0 Å². The number of fused-ring (bicyclic) bond motifs is 7. The molecule has 5 saturated carbocycles. The van der Waals surface area contributed by atoms with Gasteiger partial charge >= 0.3 is 5.97 Å². The van der Waals surface area contributed by atoms with Crippen LogP contribution in [0.1, 0.15) is 99.3 Å². The van der Waals surface area contributed by atoms with Gasteiger partial charge in [-0.05, 0) is 122 Å². The van der Waals surface area contributed by atoms with Crippen molar-refractivity contribution in [1.29, 1.82) is 0 Å². The Morgan fingerprint density at radius 2 is 1.57 bits per heavy atom. The molecule has 0 bridgehead atoms. The van der Waals surface area contributed by atoms with E-state index in [-0.39, 0.29) is 28.3 Å². The minimum atomic E-state index is -1.45. The maximum absolute atomic E-state index is 13.0. The van der Waals surface area contributed by atoms with E-state index >= 15 is 0 Å². The molecule has 44 heavy (non-hydrogen) atoms. The Hall–Kier alpha value is -1.03. The van der Waals surface area contributed by atoms with Crippen molar-refractivity contribution in [2.45, 2.75) is 136 Å². The van der Waals surface area contributed by atoms with E-state index in [9.17, 15) is 30.3 Å². The Balaban J connectivity index is 1.26. The van der Waals surface area contributed by atoms with E-state index in [0.717, 1.165) is 63.4 Å². The smallest absolute Gasteiger partial charge is 0.309 e. The molecule has 0 amide bonds. The van der Waals surface area contributed by atoms with E-state index in [1.165, 1.54) is 0 Å². The summed E-state index contributed by atoms with van der Waals surface area (Å²) >= 11 is 0. The van der Waals surface area contributed by atoms with Crippen LogP contribution >= 0.6 is 0 Å². The van der Waals surface area contributed by atoms with E-state index in [4.69, 9.17) is 9.47 Å². The lowest BCUT2D eigenvalue weighted by Crippen LogP contribution is -2.66. The van der Waals surface area contributed by atoms with Gasteiger partial charge in [-0.3, -0.25) is 4.79 Å². The van der Waals surface area contributed by atoms with Crippen molar-refractivity contribution >= 4 is 5.97 Å². The van der Waals surface area contributed by atoms with Crippen LogP contribution in [0.2, 0.25) is 0 Å². The molecule has 8 heteroatoms. The zero-order valence-electron chi connectivity index (χ0n) is 27.7. The largest absolute Gasteiger partial charge is 0.481 e. The number of carboxylic acids is 1. The van der Waals surface area contributed by atoms with Gasteiger partial charge in [0, 0.05) is 0 Å². The first kappa shape index (κ1) is 32.9. The summed E-state index contributed by atoms with van der Waals surface area (Å²) < 4.78 is 12.2. The highest BCUT2D eigenvalue weighted by Crippen LogP contribution is 2.74.